The maximum absolute atomic E-state index is 5.65. The summed E-state index contributed by atoms with van der Waals surface area (Å²) in [4.78, 5) is 8.49. The summed E-state index contributed by atoms with van der Waals surface area (Å²) in [6, 6.07) is 7.65. The molecule has 0 amide bonds. The molecule has 0 aliphatic rings. The fraction of sp³-hybridized carbons (Fsp3) is 0.231. The van der Waals surface area contributed by atoms with Crippen LogP contribution in [0, 0.1) is 0 Å². The second kappa shape index (κ2) is 6.47. The standard InChI is InChI=1S/C13H14BrN3O/c1-15-6-5-13-16-8-12(9-17-13)18-11-4-2-3-10(14)7-11/h2-4,7-9,15H,5-6H2,1H3. The van der Waals surface area contributed by atoms with Gasteiger partial charge in [0.05, 0.1) is 12.4 Å². The molecule has 5 heteroatoms. The van der Waals surface area contributed by atoms with E-state index in [2.05, 4.69) is 31.2 Å². The van der Waals surface area contributed by atoms with Crippen LogP contribution in [0.25, 0.3) is 0 Å². The summed E-state index contributed by atoms with van der Waals surface area (Å²) < 4.78 is 6.63. The van der Waals surface area contributed by atoms with E-state index in [4.69, 9.17) is 4.74 Å². The van der Waals surface area contributed by atoms with Crippen molar-refractivity contribution in [3.8, 4) is 11.5 Å². The van der Waals surface area contributed by atoms with Crippen LogP contribution in [-0.2, 0) is 6.42 Å². The molecule has 0 unspecified atom stereocenters. The van der Waals surface area contributed by atoms with E-state index in [-0.39, 0.29) is 0 Å². The lowest BCUT2D eigenvalue weighted by Gasteiger charge is -2.05. The van der Waals surface area contributed by atoms with Crippen molar-refractivity contribution >= 4 is 15.9 Å². The Morgan fingerprint density at radius 2 is 2.00 bits per heavy atom. The molecule has 0 bridgehead atoms. The molecule has 0 spiro atoms. The molecule has 0 radical (unpaired) electrons. The van der Waals surface area contributed by atoms with Crippen molar-refractivity contribution in [3.63, 3.8) is 0 Å². The molecule has 1 heterocycles. The first-order valence-corrected chi connectivity index (χ1v) is 6.46. The van der Waals surface area contributed by atoms with Gasteiger partial charge in [-0.05, 0) is 25.2 Å². The summed E-state index contributed by atoms with van der Waals surface area (Å²) in [5.74, 6) is 2.21. The Kier molecular flexibility index (Phi) is 4.66. The molecule has 0 aliphatic carbocycles. The van der Waals surface area contributed by atoms with E-state index in [0.29, 0.717) is 5.75 Å². The third kappa shape index (κ3) is 3.78. The van der Waals surface area contributed by atoms with Crippen molar-refractivity contribution in [2.75, 3.05) is 13.6 Å². The molecule has 0 saturated carbocycles. The largest absolute Gasteiger partial charge is 0.454 e. The van der Waals surface area contributed by atoms with Crippen LogP contribution in [0.4, 0.5) is 0 Å². The summed E-state index contributed by atoms with van der Waals surface area (Å²) in [5, 5.41) is 3.06. The lowest BCUT2D eigenvalue weighted by atomic mass is 10.3. The Bertz CT molecular complexity index is 502. The SMILES string of the molecule is CNCCc1ncc(Oc2cccc(Br)c2)cn1. The minimum atomic E-state index is 0.640. The number of hydrogen-bond acceptors (Lipinski definition) is 4. The topological polar surface area (TPSA) is 47.0 Å². The van der Waals surface area contributed by atoms with Gasteiger partial charge in [0.1, 0.15) is 11.6 Å². The number of rotatable bonds is 5. The van der Waals surface area contributed by atoms with Gasteiger partial charge in [-0.3, -0.25) is 0 Å². The smallest absolute Gasteiger partial charge is 0.164 e. The number of nitrogens with zero attached hydrogens (tertiary/aromatic N) is 2. The summed E-state index contributed by atoms with van der Waals surface area (Å²) >= 11 is 3.40. The molecule has 0 fully saturated rings. The van der Waals surface area contributed by atoms with E-state index in [1.165, 1.54) is 0 Å². The zero-order chi connectivity index (χ0) is 12.8. The van der Waals surface area contributed by atoms with Crippen molar-refractivity contribution < 1.29 is 4.74 Å². The molecule has 0 saturated heterocycles. The van der Waals surface area contributed by atoms with E-state index in [0.717, 1.165) is 29.0 Å². The van der Waals surface area contributed by atoms with Crippen molar-refractivity contribution in [2.24, 2.45) is 0 Å². The van der Waals surface area contributed by atoms with Gasteiger partial charge in [0, 0.05) is 17.4 Å². The minimum Gasteiger partial charge on any atom is -0.454 e. The van der Waals surface area contributed by atoms with Crippen LogP contribution < -0.4 is 10.1 Å². The van der Waals surface area contributed by atoms with Gasteiger partial charge < -0.3 is 10.1 Å². The van der Waals surface area contributed by atoms with Crippen LogP contribution in [0.1, 0.15) is 5.82 Å². The van der Waals surface area contributed by atoms with Crippen molar-refractivity contribution in [2.45, 2.75) is 6.42 Å². The third-order valence-electron chi connectivity index (χ3n) is 2.31. The molecule has 0 atom stereocenters. The minimum absolute atomic E-state index is 0.640. The van der Waals surface area contributed by atoms with Crippen LogP contribution in [0.5, 0.6) is 11.5 Å². The van der Waals surface area contributed by atoms with Gasteiger partial charge in [0.25, 0.3) is 0 Å². The molecule has 94 valence electrons. The number of likely N-dealkylation sites (N-methyl/N-ethyl adjacent to an activating group) is 1. The van der Waals surface area contributed by atoms with E-state index in [9.17, 15) is 0 Å². The number of hydrogen-bond donors (Lipinski definition) is 1. The third-order valence-corrected chi connectivity index (χ3v) is 2.81. The molecule has 2 rings (SSSR count). The summed E-state index contributed by atoms with van der Waals surface area (Å²) in [7, 11) is 1.91. The molecule has 1 N–H and O–H groups in total. The molecular formula is C13H14BrN3O. The maximum Gasteiger partial charge on any atom is 0.164 e. The first-order valence-electron chi connectivity index (χ1n) is 5.67. The molecular weight excluding hydrogens is 294 g/mol. The molecule has 4 nitrogen and oxygen atoms in total. The van der Waals surface area contributed by atoms with Crippen LogP contribution in [0.2, 0.25) is 0 Å². The van der Waals surface area contributed by atoms with Crippen LogP contribution in [0.15, 0.2) is 41.1 Å². The van der Waals surface area contributed by atoms with Gasteiger partial charge in [-0.1, -0.05) is 22.0 Å². The Morgan fingerprint density at radius 1 is 1.22 bits per heavy atom. The first kappa shape index (κ1) is 13.0. The first-order chi connectivity index (χ1) is 8.78. The van der Waals surface area contributed by atoms with E-state index >= 15 is 0 Å². The summed E-state index contributed by atoms with van der Waals surface area (Å²) in [6.45, 7) is 0.867. The predicted molar refractivity (Wildman–Crippen MR) is 73.9 cm³/mol. The lowest BCUT2D eigenvalue weighted by Crippen LogP contribution is -2.12. The summed E-state index contributed by atoms with van der Waals surface area (Å²) in [6.07, 6.45) is 4.20. The summed E-state index contributed by atoms with van der Waals surface area (Å²) in [5.41, 5.74) is 0. The van der Waals surface area contributed by atoms with Crippen LogP contribution >= 0.6 is 15.9 Å². The highest BCUT2D eigenvalue weighted by Gasteiger charge is 2.00. The highest BCUT2D eigenvalue weighted by atomic mass is 79.9. The van der Waals surface area contributed by atoms with Crippen molar-refractivity contribution in [3.05, 3.63) is 47.0 Å². The van der Waals surface area contributed by atoms with Gasteiger partial charge in [-0.15, -0.1) is 0 Å². The predicted octanol–water partition coefficient (Wildman–Crippen LogP) is 2.79. The van der Waals surface area contributed by atoms with Gasteiger partial charge >= 0.3 is 0 Å². The molecule has 18 heavy (non-hydrogen) atoms. The van der Waals surface area contributed by atoms with Gasteiger partial charge in [0.2, 0.25) is 0 Å². The monoisotopic (exact) mass is 307 g/mol. The second-order valence-electron chi connectivity index (χ2n) is 3.75. The Morgan fingerprint density at radius 3 is 2.67 bits per heavy atom. The quantitative estimate of drug-likeness (QED) is 0.922. The van der Waals surface area contributed by atoms with Gasteiger partial charge in [-0.25, -0.2) is 9.97 Å². The normalized spacial score (nSPS) is 10.3. The Balaban J connectivity index is 2.02. The average molecular weight is 308 g/mol. The molecule has 1 aromatic carbocycles. The Labute approximate surface area is 115 Å². The fourth-order valence-corrected chi connectivity index (χ4v) is 1.81. The number of aromatic nitrogens is 2. The number of ether oxygens (including phenoxy) is 1. The van der Waals surface area contributed by atoms with Crippen LogP contribution in [-0.4, -0.2) is 23.6 Å². The second-order valence-corrected chi connectivity index (χ2v) is 4.66. The Hall–Kier alpha value is -1.46. The van der Waals surface area contributed by atoms with Crippen molar-refractivity contribution in [1.82, 2.24) is 15.3 Å². The average Bonchev–Trinajstić information content (AvgIpc) is 2.38. The fourth-order valence-electron chi connectivity index (χ4n) is 1.43. The van der Waals surface area contributed by atoms with Crippen LogP contribution in [0.3, 0.4) is 0 Å². The highest BCUT2D eigenvalue weighted by Crippen LogP contribution is 2.23. The number of halogens is 1. The van der Waals surface area contributed by atoms with Gasteiger partial charge in [-0.2, -0.15) is 0 Å². The number of nitrogens with one attached hydrogen (secondary N) is 1. The van der Waals surface area contributed by atoms with Gasteiger partial charge in [0.15, 0.2) is 5.75 Å². The molecule has 1 aromatic heterocycles. The number of benzene rings is 1. The maximum atomic E-state index is 5.65. The van der Waals surface area contributed by atoms with E-state index in [1.54, 1.807) is 12.4 Å². The zero-order valence-corrected chi connectivity index (χ0v) is 11.6. The zero-order valence-electron chi connectivity index (χ0n) is 10.1. The molecule has 2 aromatic rings. The van der Waals surface area contributed by atoms with Crippen molar-refractivity contribution in [1.29, 1.82) is 0 Å². The van der Waals surface area contributed by atoms with E-state index < -0.39 is 0 Å². The molecule has 0 aliphatic heterocycles. The highest BCUT2D eigenvalue weighted by molar-refractivity contribution is 9.10. The van der Waals surface area contributed by atoms with E-state index in [1.807, 2.05) is 31.3 Å². The lowest BCUT2D eigenvalue weighted by molar-refractivity contribution is 0.476.